The topological polar surface area (TPSA) is 83.6 Å². The molecule has 0 saturated carbocycles. The molecule has 1 fully saturated rings. The number of pyridine rings is 1. The van der Waals surface area contributed by atoms with Gasteiger partial charge in [0.05, 0.1) is 19.8 Å². The van der Waals surface area contributed by atoms with Crippen LogP contribution in [0.2, 0.25) is 0 Å². The van der Waals surface area contributed by atoms with E-state index in [4.69, 9.17) is 4.74 Å². The zero-order chi connectivity index (χ0) is 19.9. The first-order valence-corrected chi connectivity index (χ1v) is 9.43. The molecule has 0 radical (unpaired) electrons. The standard InChI is InChI=1S/C21H26N4O3/c1-15-10-16(2)12-18(11-15)21(27)24-14-19(26)23-13-17-4-3-5-22-20(17)25-6-8-28-9-7-25/h3-5,10-12H,6-9,13-14H2,1-2H3,(H,23,26)(H,24,27). The molecule has 7 nitrogen and oxygen atoms in total. The molecule has 7 heteroatoms. The molecule has 28 heavy (non-hydrogen) atoms. The van der Waals surface area contributed by atoms with E-state index in [1.807, 2.05) is 44.2 Å². The first kappa shape index (κ1) is 19.8. The molecule has 1 aliphatic rings. The second-order valence-corrected chi connectivity index (χ2v) is 6.92. The Morgan fingerprint density at radius 1 is 1.11 bits per heavy atom. The highest BCUT2D eigenvalue weighted by Crippen LogP contribution is 2.18. The maximum absolute atomic E-state index is 12.3. The smallest absolute Gasteiger partial charge is 0.251 e. The zero-order valence-corrected chi connectivity index (χ0v) is 16.3. The summed E-state index contributed by atoms with van der Waals surface area (Å²) in [6, 6.07) is 9.43. The predicted molar refractivity (Wildman–Crippen MR) is 107 cm³/mol. The average Bonchev–Trinajstić information content (AvgIpc) is 2.70. The molecule has 1 aromatic heterocycles. The Balaban J connectivity index is 1.52. The number of ether oxygens (including phenoxy) is 1. The molecular formula is C21H26N4O3. The van der Waals surface area contributed by atoms with Crippen LogP contribution >= 0.6 is 0 Å². The quantitative estimate of drug-likeness (QED) is 0.793. The van der Waals surface area contributed by atoms with Gasteiger partial charge in [-0.25, -0.2) is 4.98 Å². The summed E-state index contributed by atoms with van der Waals surface area (Å²) < 4.78 is 5.39. The van der Waals surface area contributed by atoms with Crippen molar-refractivity contribution in [3.8, 4) is 0 Å². The van der Waals surface area contributed by atoms with Crippen LogP contribution in [0.25, 0.3) is 0 Å². The molecule has 2 aromatic rings. The van der Waals surface area contributed by atoms with Crippen molar-refractivity contribution in [1.82, 2.24) is 15.6 Å². The van der Waals surface area contributed by atoms with Crippen LogP contribution in [0.15, 0.2) is 36.5 Å². The number of nitrogens with one attached hydrogen (secondary N) is 2. The Morgan fingerprint density at radius 2 is 1.82 bits per heavy atom. The number of hydrogen-bond donors (Lipinski definition) is 2. The Labute approximate surface area is 165 Å². The van der Waals surface area contributed by atoms with Gasteiger partial charge >= 0.3 is 0 Å². The van der Waals surface area contributed by atoms with Gasteiger partial charge in [0.2, 0.25) is 5.91 Å². The summed E-state index contributed by atoms with van der Waals surface area (Å²) in [5.74, 6) is 0.372. The van der Waals surface area contributed by atoms with Crippen LogP contribution in [0.5, 0.6) is 0 Å². The highest BCUT2D eigenvalue weighted by molar-refractivity contribution is 5.96. The molecule has 1 aromatic carbocycles. The number of aryl methyl sites for hydroxylation is 2. The van der Waals surface area contributed by atoms with Gasteiger partial charge in [0.25, 0.3) is 5.91 Å². The number of morpholine rings is 1. The van der Waals surface area contributed by atoms with E-state index in [9.17, 15) is 9.59 Å². The number of hydrogen-bond acceptors (Lipinski definition) is 5. The van der Waals surface area contributed by atoms with Crippen LogP contribution in [0.4, 0.5) is 5.82 Å². The second kappa shape index (κ2) is 9.32. The van der Waals surface area contributed by atoms with E-state index in [-0.39, 0.29) is 18.4 Å². The lowest BCUT2D eigenvalue weighted by atomic mass is 10.1. The lowest BCUT2D eigenvalue weighted by Crippen LogP contribution is -2.39. The van der Waals surface area contributed by atoms with Crippen molar-refractivity contribution in [2.24, 2.45) is 0 Å². The van der Waals surface area contributed by atoms with Crippen LogP contribution < -0.4 is 15.5 Å². The molecular weight excluding hydrogens is 356 g/mol. The molecule has 1 saturated heterocycles. The highest BCUT2D eigenvalue weighted by atomic mass is 16.5. The summed E-state index contributed by atoms with van der Waals surface area (Å²) in [4.78, 5) is 31.1. The van der Waals surface area contributed by atoms with Gasteiger partial charge in [-0.2, -0.15) is 0 Å². The van der Waals surface area contributed by atoms with E-state index in [1.165, 1.54) is 0 Å². The van der Waals surface area contributed by atoms with Crippen LogP contribution in [-0.2, 0) is 16.1 Å². The van der Waals surface area contributed by atoms with E-state index in [1.54, 1.807) is 6.20 Å². The van der Waals surface area contributed by atoms with Crippen molar-refractivity contribution >= 4 is 17.6 Å². The lowest BCUT2D eigenvalue weighted by molar-refractivity contribution is -0.120. The molecule has 2 heterocycles. The third-order valence-electron chi connectivity index (χ3n) is 4.55. The summed E-state index contributed by atoms with van der Waals surface area (Å²) in [6.45, 7) is 7.08. The molecule has 0 spiro atoms. The maximum atomic E-state index is 12.3. The first-order valence-electron chi connectivity index (χ1n) is 9.43. The van der Waals surface area contributed by atoms with Gasteiger partial charge in [-0.1, -0.05) is 23.3 Å². The van der Waals surface area contributed by atoms with E-state index < -0.39 is 0 Å². The number of benzene rings is 1. The summed E-state index contributed by atoms with van der Waals surface area (Å²) in [5, 5.41) is 5.53. The SMILES string of the molecule is Cc1cc(C)cc(C(=O)NCC(=O)NCc2cccnc2N2CCOCC2)c1. The number of carbonyl (C=O) groups is 2. The number of aromatic nitrogens is 1. The summed E-state index contributed by atoms with van der Waals surface area (Å²) >= 11 is 0. The Morgan fingerprint density at radius 3 is 2.54 bits per heavy atom. The molecule has 0 unspecified atom stereocenters. The van der Waals surface area contributed by atoms with Crippen molar-refractivity contribution in [1.29, 1.82) is 0 Å². The van der Waals surface area contributed by atoms with Gasteiger partial charge in [0.15, 0.2) is 0 Å². The molecule has 1 aliphatic heterocycles. The third kappa shape index (κ3) is 5.29. The van der Waals surface area contributed by atoms with E-state index in [0.717, 1.165) is 35.6 Å². The van der Waals surface area contributed by atoms with Crippen molar-refractivity contribution in [3.05, 3.63) is 58.8 Å². The molecule has 3 rings (SSSR count). The molecule has 0 aliphatic carbocycles. The van der Waals surface area contributed by atoms with Crippen molar-refractivity contribution < 1.29 is 14.3 Å². The Hall–Kier alpha value is -2.93. The van der Waals surface area contributed by atoms with Gasteiger partial charge in [-0.3, -0.25) is 9.59 Å². The molecule has 148 valence electrons. The minimum Gasteiger partial charge on any atom is -0.378 e. The molecule has 0 bridgehead atoms. The van der Waals surface area contributed by atoms with Gasteiger partial charge in [0.1, 0.15) is 5.82 Å². The van der Waals surface area contributed by atoms with Crippen LogP contribution in [-0.4, -0.2) is 49.6 Å². The fourth-order valence-corrected chi connectivity index (χ4v) is 3.25. The fraction of sp³-hybridized carbons (Fsp3) is 0.381. The highest BCUT2D eigenvalue weighted by Gasteiger charge is 2.16. The normalized spacial score (nSPS) is 13.9. The van der Waals surface area contributed by atoms with Gasteiger partial charge in [0, 0.05) is 37.0 Å². The minimum atomic E-state index is -0.252. The first-order chi connectivity index (χ1) is 13.5. The zero-order valence-electron chi connectivity index (χ0n) is 16.3. The summed E-state index contributed by atoms with van der Waals surface area (Å²) in [5.41, 5.74) is 3.54. The average molecular weight is 382 g/mol. The third-order valence-corrected chi connectivity index (χ3v) is 4.55. The number of anilines is 1. The number of amides is 2. The second-order valence-electron chi connectivity index (χ2n) is 6.92. The summed E-state index contributed by atoms with van der Waals surface area (Å²) in [6.07, 6.45) is 1.75. The number of rotatable bonds is 6. The van der Waals surface area contributed by atoms with Crippen molar-refractivity contribution in [2.75, 3.05) is 37.7 Å². The summed E-state index contributed by atoms with van der Waals surface area (Å²) in [7, 11) is 0. The number of nitrogens with zero attached hydrogens (tertiary/aromatic N) is 2. The van der Waals surface area contributed by atoms with Gasteiger partial charge < -0.3 is 20.3 Å². The van der Waals surface area contributed by atoms with E-state index >= 15 is 0 Å². The van der Waals surface area contributed by atoms with Crippen molar-refractivity contribution in [3.63, 3.8) is 0 Å². The fourth-order valence-electron chi connectivity index (χ4n) is 3.25. The molecule has 0 atom stereocenters. The lowest BCUT2D eigenvalue weighted by Gasteiger charge is -2.29. The minimum absolute atomic E-state index is 0.0705. The van der Waals surface area contributed by atoms with E-state index in [2.05, 4.69) is 20.5 Å². The van der Waals surface area contributed by atoms with Crippen LogP contribution in [0.3, 0.4) is 0 Å². The number of carbonyl (C=O) groups excluding carboxylic acids is 2. The maximum Gasteiger partial charge on any atom is 0.251 e. The van der Waals surface area contributed by atoms with Crippen molar-refractivity contribution in [2.45, 2.75) is 20.4 Å². The van der Waals surface area contributed by atoms with Crippen LogP contribution in [0.1, 0.15) is 27.0 Å². The Kier molecular flexibility index (Phi) is 6.60. The Bertz CT molecular complexity index is 827. The molecule has 2 amide bonds. The van der Waals surface area contributed by atoms with Gasteiger partial charge in [-0.15, -0.1) is 0 Å². The van der Waals surface area contributed by atoms with E-state index in [0.29, 0.717) is 25.3 Å². The molecule has 2 N–H and O–H groups in total. The predicted octanol–water partition coefficient (Wildman–Crippen LogP) is 1.58. The van der Waals surface area contributed by atoms with Gasteiger partial charge in [-0.05, 0) is 32.0 Å². The largest absolute Gasteiger partial charge is 0.378 e. The monoisotopic (exact) mass is 382 g/mol. The van der Waals surface area contributed by atoms with Crippen LogP contribution in [0, 0.1) is 13.8 Å².